The van der Waals surface area contributed by atoms with Crippen molar-refractivity contribution in [2.24, 2.45) is 0 Å². The fourth-order valence-electron chi connectivity index (χ4n) is 1.96. The van der Waals surface area contributed by atoms with E-state index in [1.807, 2.05) is 0 Å². The molecule has 0 aromatic carbocycles. The number of imidazole rings is 1. The van der Waals surface area contributed by atoms with Gasteiger partial charge in [0.15, 0.2) is 5.65 Å². The molecule has 78 valence electrons. The van der Waals surface area contributed by atoms with Crippen LogP contribution in [0, 0.1) is 0 Å². The van der Waals surface area contributed by atoms with E-state index in [0.717, 1.165) is 18.4 Å². The summed E-state index contributed by atoms with van der Waals surface area (Å²) >= 11 is 0. The average molecular weight is 204 g/mol. The lowest BCUT2D eigenvalue weighted by molar-refractivity contribution is 0.195. The van der Waals surface area contributed by atoms with Crippen LogP contribution in [0.25, 0.3) is 11.2 Å². The first-order chi connectivity index (χ1) is 7.42. The molecular formula is C10H12N4O. The molecule has 5 nitrogen and oxygen atoms in total. The van der Waals surface area contributed by atoms with Gasteiger partial charge in [-0.1, -0.05) is 0 Å². The zero-order valence-electron chi connectivity index (χ0n) is 8.31. The van der Waals surface area contributed by atoms with Crippen LogP contribution < -0.4 is 4.74 Å². The lowest BCUT2D eigenvalue weighted by Crippen LogP contribution is -2.11. The Morgan fingerprint density at radius 3 is 3.00 bits per heavy atom. The molecule has 1 aliphatic rings. The molecule has 1 fully saturated rings. The van der Waals surface area contributed by atoms with Gasteiger partial charge in [0.2, 0.25) is 0 Å². The monoisotopic (exact) mass is 204 g/mol. The van der Waals surface area contributed by atoms with Gasteiger partial charge in [-0.2, -0.15) is 4.98 Å². The van der Waals surface area contributed by atoms with Crippen LogP contribution in [0.5, 0.6) is 6.01 Å². The molecule has 1 aliphatic carbocycles. The van der Waals surface area contributed by atoms with Crippen molar-refractivity contribution in [2.75, 3.05) is 0 Å². The summed E-state index contributed by atoms with van der Waals surface area (Å²) in [6.45, 7) is 0. The minimum Gasteiger partial charge on any atom is -0.461 e. The van der Waals surface area contributed by atoms with Gasteiger partial charge in [0, 0.05) is 0 Å². The molecule has 5 heteroatoms. The lowest BCUT2D eigenvalue weighted by Gasteiger charge is -2.08. The second-order valence-electron chi connectivity index (χ2n) is 3.83. The van der Waals surface area contributed by atoms with Crippen molar-refractivity contribution in [3.63, 3.8) is 0 Å². The van der Waals surface area contributed by atoms with Crippen molar-refractivity contribution in [1.29, 1.82) is 0 Å². The smallest absolute Gasteiger partial charge is 0.296 e. The number of aromatic nitrogens is 4. The minimum atomic E-state index is 0.318. The summed E-state index contributed by atoms with van der Waals surface area (Å²) in [7, 11) is 0. The van der Waals surface area contributed by atoms with E-state index in [1.54, 1.807) is 6.20 Å². The molecular weight excluding hydrogens is 192 g/mol. The molecule has 0 atom stereocenters. The largest absolute Gasteiger partial charge is 0.461 e. The predicted octanol–water partition coefficient (Wildman–Crippen LogP) is 1.67. The number of hydrogen-bond donors (Lipinski definition) is 1. The van der Waals surface area contributed by atoms with E-state index in [-0.39, 0.29) is 0 Å². The molecule has 2 aromatic rings. The highest BCUT2D eigenvalue weighted by Crippen LogP contribution is 2.23. The van der Waals surface area contributed by atoms with E-state index < -0.39 is 0 Å². The molecule has 0 radical (unpaired) electrons. The number of rotatable bonds is 2. The maximum atomic E-state index is 5.73. The van der Waals surface area contributed by atoms with Crippen LogP contribution in [0.1, 0.15) is 25.7 Å². The van der Waals surface area contributed by atoms with E-state index >= 15 is 0 Å². The van der Waals surface area contributed by atoms with E-state index in [9.17, 15) is 0 Å². The third kappa shape index (κ3) is 1.65. The van der Waals surface area contributed by atoms with Crippen LogP contribution in [0.4, 0.5) is 0 Å². The molecule has 0 aliphatic heterocycles. The minimum absolute atomic E-state index is 0.318. The average Bonchev–Trinajstić information content (AvgIpc) is 2.86. The summed E-state index contributed by atoms with van der Waals surface area (Å²) in [5, 5.41) is 0. The molecule has 0 amide bonds. The van der Waals surface area contributed by atoms with Gasteiger partial charge in [-0.05, 0) is 25.7 Å². The van der Waals surface area contributed by atoms with Crippen molar-refractivity contribution in [3.05, 3.63) is 12.5 Å². The third-order valence-corrected chi connectivity index (χ3v) is 2.72. The number of nitrogens with one attached hydrogen (secondary N) is 1. The summed E-state index contributed by atoms with van der Waals surface area (Å²) in [5.41, 5.74) is 1.49. The maximum Gasteiger partial charge on any atom is 0.296 e. The highest BCUT2D eigenvalue weighted by Gasteiger charge is 2.18. The van der Waals surface area contributed by atoms with Crippen molar-refractivity contribution >= 4 is 11.2 Å². The highest BCUT2D eigenvalue weighted by molar-refractivity contribution is 5.69. The molecule has 0 saturated heterocycles. The summed E-state index contributed by atoms with van der Waals surface area (Å²) in [5.74, 6) is 0. The Hall–Kier alpha value is -1.65. The van der Waals surface area contributed by atoms with Gasteiger partial charge in [0.25, 0.3) is 6.01 Å². The zero-order chi connectivity index (χ0) is 10.1. The zero-order valence-corrected chi connectivity index (χ0v) is 8.31. The number of fused-ring (bicyclic) bond motifs is 1. The molecule has 0 spiro atoms. The van der Waals surface area contributed by atoms with E-state index in [4.69, 9.17) is 4.74 Å². The molecule has 1 N–H and O–H groups in total. The molecule has 1 saturated carbocycles. The third-order valence-electron chi connectivity index (χ3n) is 2.72. The molecule has 0 unspecified atom stereocenters. The molecule has 2 aromatic heterocycles. The number of hydrogen-bond acceptors (Lipinski definition) is 4. The van der Waals surface area contributed by atoms with Gasteiger partial charge in [-0.15, -0.1) is 0 Å². The van der Waals surface area contributed by atoms with Gasteiger partial charge in [0.1, 0.15) is 17.9 Å². The lowest BCUT2D eigenvalue weighted by atomic mass is 10.3. The first kappa shape index (κ1) is 8.64. The Morgan fingerprint density at radius 1 is 1.33 bits per heavy atom. The Bertz CT molecular complexity index is 428. The van der Waals surface area contributed by atoms with E-state index in [2.05, 4.69) is 19.9 Å². The van der Waals surface area contributed by atoms with E-state index in [1.165, 1.54) is 19.2 Å². The van der Waals surface area contributed by atoms with Crippen LogP contribution in [0.2, 0.25) is 0 Å². The Labute approximate surface area is 86.9 Å². The quantitative estimate of drug-likeness (QED) is 0.808. The SMILES string of the molecule is c1ncc2[nH]c(OC3CCCC3)nc2n1. The van der Waals surface area contributed by atoms with Crippen molar-refractivity contribution in [1.82, 2.24) is 19.9 Å². The second-order valence-corrected chi connectivity index (χ2v) is 3.83. The summed E-state index contributed by atoms with van der Waals surface area (Å²) < 4.78 is 5.73. The molecule has 15 heavy (non-hydrogen) atoms. The first-order valence-corrected chi connectivity index (χ1v) is 5.24. The van der Waals surface area contributed by atoms with Gasteiger partial charge in [-0.3, -0.25) is 0 Å². The van der Waals surface area contributed by atoms with Crippen molar-refractivity contribution in [3.8, 4) is 6.01 Å². The summed E-state index contributed by atoms with van der Waals surface area (Å²) in [4.78, 5) is 15.3. The Morgan fingerprint density at radius 2 is 2.20 bits per heavy atom. The fourth-order valence-corrected chi connectivity index (χ4v) is 1.96. The van der Waals surface area contributed by atoms with Crippen LogP contribution in [0.3, 0.4) is 0 Å². The summed E-state index contributed by atoms with van der Waals surface area (Å²) in [6, 6.07) is 0.567. The number of ether oxygens (including phenoxy) is 1. The van der Waals surface area contributed by atoms with Gasteiger partial charge < -0.3 is 9.72 Å². The predicted molar refractivity (Wildman–Crippen MR) is 54.6 cm³/mol. The second kappa shape index (κ2) is 3.49. The van der Waals surface area contributed by atoms with Crippen molar-refractivity contribution in [2.45, 2.75) is 31.8 Å². The fraction of sp³-hybridized carbons (Fsp3) is 0.500. The Balaban J connectivity index is 1.84. The van der Waals surface area contributed by atoms with Gasteiger partial charge in [-0.25, -0.2) is 9.97 Å². The van der Waals surface area contributed by atoms with Gasteiger partial charge >= 0.3 is 0 Å². The first-order valence-electron chi connectivity index (χ1n) is 5.24. The van der Waals surface area contributed by atoms with Crippen LogP contribution >= 0.6 is 0 Å². The van der Waals surface area contributed by atoms with Crippen LogP contribution in [-0.2, 0) is 0 Å². The van der Waals surface area contributed by atoms with Crippen LogP contribution in [0.15, 0.2) is 12.5 Å². The topological polar surface area (TPSA) is 63.7 Å². The number of H-pyrrole nitrogens is 1. The Kier molecular flexibility index (Phi) is 2.01. The van der Waals surface area contributed by atoms with Crippen LogP contribution in [-0.4, -0.2) is 26.0 Å². The number of nitrogens with zero attached hydrogens (tertiary/aromatic N) is 3. The molecule has 2 heterocycles. The number of aromatic amines is 1. The maximum absolute atomic E-state index is 5.73. The molecule has 3 rings (SSSR count). The van der Waals surface area contributed by atoms with Crippen molar-refractivity contribution < 1.29 is 4.74 Å². The van der Waals surface area contributed by atoms with E-state index in [0.29, 0.717) is 17.8 Å². The highest BCUT2D eigenvalue weighted by atomic mass is 16.5. The normalized spacial score (nSPS) is 17.3. The standard InChI is InChI=1S/C10H12N4O/c1-2-4-7(3-1)15-10-13-8-5-11-6-12-9(8)14-10/h5-7H,1-4H2,(H,11,12,13,14). The molecule has 0 bridgehead atoms. The summed E-state index contributed by atoms with van der Waals surface area (Å²) in [6.07, 6.45) is 8.28. The van der Waals surface area contributed by atoms with Gasteiger partial charge in [0.05, 0.1) is 6.20 Å².